The number of halogens is 1. The van der Waals surface area contributed by atoms with Crippen molar-refractivity contribution in [2.45, 2.75) is 19.8 Å². The molecule has 5 rings (SSSR count). The standard InChI is InChI=1S/C27H21FN4O3/c1-17(2)23-21(26(34)32(29-23)18-11-5-3-6-12-18)22-24(30-15-9-4-10-16-30)27(35)31(25(22)33)20-14-8-7-13-19(20)28/h3-17H,1-2H3/p+1. The molecule has 0 bridgehead atoms. The molecule has 0 saturated heterocycles. The van der Waals surface area contributed by atoms with Gasteiger partial charge in [-0.3, -0.25) is 19.5 Å². The molecule has 174 valence electrons. The van der Waals surface area contributed by atoms with Gasteiger partial charge in [-0.05, 0) is 30.2 Å². The second-order valence-electron chi connectivity index (χ2n) is 8.43. The van der Waals surface area contributed by atoms with Crippen molar-refractivity contribution >= 4 is 28.8 Å². The highest BCUT2D eigenvalue weighted by Gasteiger charge is 2.49. The number of anilines is 1. The van der Waals surface area contributed by atoms with Crippen molar-refractivity contribution in [1.82, 2.24) is 9.78 Å². The van der Waals surface area contributed by atoms with Crippen molar-refractivity contribution in [2.24, 2.45) is 0 Å². The van der Waals surface area contributed by atoms with Crippen molar-refractivity contribution < 1.29 is 18.5 Å². The Bertz CT molecular complexity index is 1540. The molecule has 0 unspecified atom stereocenters. The maximum Gasteiger partial charge on any atom is 0.331 e. The van der Waals surface area contributed by atoms with Gasteiger partial charge < -0.3 is 0 Å². The summed E-state index contributed by atoms with van der Waals surface area (Å²) < 4.78 is 17.6. The normalized spacial score (nSPS) is 13.9. The summed E-state index contributed by atoms with van der Waals surface area (Å²) in [6.45, 7) is 3.77. The highest BCUT2D eigenvalue weighted by atomic mass is 19.1. The maximum atomic E-state index is 14.7. The molecule has 35 heavy (non-hydrogen) atoms. The van der Waals surface area contributed by atoms with E-state index >= 15 is 0 Å². The molecule has 4 aromatic rings. The van der Waals surface area contributed by atoms with Crippen LogP contribution in [0.15, 0.2) is 90.0 Å². The van der Waals surface area contributed by atoms with Gasteiger partial charge in [0.2, 0.25) is 0 Å². The molecular formula is C27H22FN4O3+. The third kappa shape index (κ3) is 3.59. The molecule has 1 aliphatic heterocycles. The minimum atomic E-state index is -0.760. The lowest BCUT2D eigenvalue weighted by atomic mass is 9.98. The van der Waals surface area contributed by atoms with Gasteiger partial charge in [-0.2, -0.15) is 4.57 Å². The van der Waals surface area contributed by atoms with Gasteiger partial charge in [0.25, 0.3) is 17.2 Å². The Hall–Kier alpha value is -4.59. The molecule has 0 aliphatic carbocycles. The number of rotatable bonds is 5. The van der Waals surface area contributed by atoms with E-state index in [9.17, 15) is 18.8 Å². The number of carbonyl (C=O) groups excluding carboxylic acids is 2. The minimum absolute atomic E-state index is 0.0166. The highest BCUT2D eigenvalue weighted by molar-refractivity contribution is 6.53. The topological polar surface area (TPSA) is 79.1 Å². The van der Waals surface area contributed by atoms with Gasteiger partial charge in [-0.25, -0.2) is 14.0 Å². The summed E-state index contributed by atoms with van der Waals surface area (Å²) in [7, 11) is 0. The predicted molar refractivity (Wildman–Crippen MR) is 129 cm³/mol. The Morgan fingerprint density at radius 3 is 2.11 bits per heavy atom. The van der Waals surface area contributed by atoms with Gasteiger partial charge in [-0.1, -0.05) is 50.2 Å². The smallest absolute Gasteiger partial charge is 0.294 e. The van der Waals surface area contributed by atoms with Crippen molar-refractivity contribution in [1.29, 1.82) is 0 Å². The van der Waals surface area contributed by atoms with Gasteiger partial charge in [0.05, 0.1) is 16.9 Å². The zero-order chi connectivity index (χ0) is 24.7. The van der Waals surface area contributed by atoms with Gasteiger partial charge in [-0.15, -0.1) is 0 Å². The molecule has 1 aliphatic rings. The molecule has 8 heteroatoms. The molecule has 1 N–H and O–H groups in total. The molecule has 0 saturated carbocycles. The van der Waals surface area contributed by atoms with E-state index in [1.54, 1.807) is 60.9 Å². The number of H-pyrrole nitrogens is 1. The first kappa shape index (κ1) is 22.2. The molecule has 0 fully saturated rings. The van der Waals surface area contributed by atoms with Crippen LogP contribution in [-0.4, -0.2) is 21.6 Å². The van der Waals surface area contributed by atoms with Crippen molar-refractivity contribution in [3.63, 3.8) is 0 Å². The number of amides is 2. The Morgan fingerprint density at radius 1 is 0.829 bits per heavy atom. The average Bonchev–Trinajstić information content (AvgIpc) is 3.33. The van der Waals surface area contributed by atoms with Crippen molar-refractivity contribution in [3.05, 3.63) is 113 Å². The SMILES string of the molecule is CC(C)c1[nH]n(-c2ccccc2)c(=O)c1C1=C([n+]2ccccc2)C(=O)N(c2ccccc2F)C1=O. The quantitative estimate of drug-likeness (QED) is 0.358. The molecule has 7 nitrogen and oxygen atoms in total. The number of hydrogen-bond donors (Lipinski definition) is 1. The molecule has 0 radical (unpaired) electrons. The van der Waals surface area contributed by atoms with Crippen LogP contribution >= 0.6 is 0 Å². The predicted octanol–water partition coefficient (Wildman–Crippen LogP) is 3.66. The summed E-state index contributed by atoms with van der Waals surface area (Å²) in [5.41, 5.74) is 0.442. The minimum Gasteiger partial charge on any atom is -0.294 e. The van der Waals surface area contributed by atoms with E-state index in [-0.39, 0.29) is 28.4 Å². The van der Waals surface area contributed by atoms with Crippen LogP contribution in [0.3, 0.4) is 0 Å². The van der Waals surface area contributed by atoms with E-state index in [1.165, 1.54) is 27.4 Å². The van der Waals surface area contributed by atoms with Crippen LogP contribution in [-0.2, 0) is 9.59 Å². The van der Waals surface area contributed by atoms with Gasteiger partial charge in [0.15, 0.2) is 12.4 Å². The summed E-state index contributed by atoms with van der Waals surface area (Å²) in [6.07, 6.45) is 3.23. The second kappa shape index (κ2) is 8.64. The third-order valence-electron chi connectivity index (χ3n) is 5.89. The van der Waals surface area contributed by atoms with E-state index in [4.69, 9.17) is 0 Å². The monoisotopic (exact) mass is 469 g/mol. The Balaban J connectivity index is 1.81. The summed E-state index contributed by atoms with van der Waals surface area (Å²) in [4.78, 5) is 42.0. The van der Waals surface area contributed by atoms with Crippen molar-refractivity contribution in [3.8, 4) is 5.69 Å². The molecule has 2 aromatic heterocycles. The largest absolute Gasteiger partial charge is 0.331 e. The van der Waals surface area contributed by atoms with E-state index in [0.717, 1.165) is 4.90 Å². The second-order valence-corrected chi connectivity index (χ2v) is 8.43. The summed E-state index contributed by atoms with van der Waals surface area (Å²) >= 11 is 0. The lowest BCUT2D eigenvalue weighted by Crippen LogP contribution is -2.39. The van der Waals surface area contributed by atoms with E-state index in [0.29, 0.717) is 11.4 Å². The summed E-state index contributed by atoms with van der Waals surface area (Å²) in [5.74, 6) is -2.37. The molecular weight excluding hydrogens is 447 g/mol. The zero-order valence-corrected chi connectivity index (χ0v) is 19.1. The first-order valence-electron chi connectivity index (χ1n) is 11.1. The first-order chi connectivity index (χ1) is 16.9. The number of aromatic amines is 1. The van der Waals surface area contributed by atoms with Crippen molar-refractivity contribution in [2.75, 3.05) is 4.90 Å². The fraction of sp³-hybridized carbons (Fsp3) is 0.111. The molecule has 0 atom stereocenters. The first-order valence-corrected chi connectivity index (χ1v) is 11.1. The van der Waals surface area contributed by atoms with Gasteiger partial charge >= 0.3 is 5.91 Å². The highest BCUT2D eigenvalue weighted by Crippen LogP contribution is 2.35. The number of hydrogen-bond acceptors (Lipinski definition) is 3. The number of pyridine rings is 1. The van der Waals surface area contributed by atoms with E-state index in [2.05, 4.69) is 5.10 Å². The Kier molecular flexibility index (Phi) is 5.49. The molecule has 0 spiro atoms. The van der Waals surface area contributed by atoms with Crippen LogP contribution in [0.25, 0.3) is 17.0 Å². The maximum absolute atomic E-state index is 14.7. The van der Waals surface area contributed by atoms with Crippen LogP contribution in [0.4, 0.5) is 10.1 Å². The van der Waals surface area contributed by atoms with E-state index in [1.807, 2.05) is 19.9 Å². The molecule has 2 amide bonds. The average molecular weight is 469 g/mol. The summed E-state index contributed by atoms with van der Waals surface area (Å²) in [5, 5.41) is 3.12. The number of benzene rings is 2. The number of carbonyl (C=O) groups is 2. The van der Waals surface area contributed by atoms with Crippen LogP contribution < -0.4 is 15.0 Å². The number of para-hydroxylation sites is 2. The fourth-order valence-electron chi connectivity index (χ4n) is 4.26. The Labute approximate surface area is 200 Å². The Morgan fingerprint density at radius 2 is 1.46 bits per heavy atom. The lowest BCUT2D eigenvalue weighted by molar-refractivity contribution is -0.576. The van der Waals surface area contributed by atoms with Gasteiger partial charge in [0.1, 0.15) is 11.4 Å². The number of nitrogens with one attached hydrogen (secondary N) is 1. The fourth-order valence-corrected chi connectivity index (χ4v) is 4.26. The molecule has 2 aromatic carbocycles. The van der Waals surface area contributed by atoms with Gasteiger partial charge in [0, 0.05) is 17.8 Å². The van der Waals surface area contributed by atoms with Crippen LogP contribution in [0.5, 0.6) is 0 Å². The number of aromatic nitrogens is 3. The molecule has 3 heterocycles. The van der Waals surface area contributed by atoms with Crippen LogP contribution in [0.1, 0.15) is 31.0 Å². The lowest BCUT2D eigenvalue weighted by Gasteiger charge is -2.14. The third-order valence-corrected chi connectivity index (χ3v) is 5.89. The summed E-state index contributed by atoms with van der Waals surface area (Å²) in [6, 6.07) is 19.7. The van der Waals surface area contributed by atoms with Crippen LogP contribution in [0.2, 0.25) is 0 Å². The van der Waals surface area contributed by atoms with Crippen LogP contribution in [0, 0.1) is 5.82 Å². The number of nitrogens with zero attached hydrogens (tertiary/aromatic N) is 3. The van der Waals surface area contributed by atoms with E-state index < -0.39 is 23.2 Å². The zero-order valence-electron chi connectivity index (χ0n) is 19.1. The number of imide groups is 1.